The number of imidazole rings is 1. The van der Waals surface area contributed by atoms with Crippen LogP contribution in [0.1, 0.15) is 0 Å². The molecule has 0 fully saturated rings. The second kappa shape index (κ2) is 4.10. The number of hydrogen-bond donors (Lipinski definition) is 2. The van der Waals surface area contributed by atoms with E-state index in [9.17, 15) is 0 Å². The van der Waals surface area contributed by atoms with Crippen molar-refractivity contribution < 1.29 is 4.57 Å². The van der Waals surface area contributed by atoms with E-state index in [1.54, 1.807) is 0 Å². The number of nitrogens with one attached hydrogen (secondary N) is 2. The summed E-state index contributed by atoms with van der Waals surface area (Å²) in [6.45, 7) is 1.68. The van der Waals surface area contributed by atoms with E-state index >= 15 is 0 Å². The third-order valence-corrected chi connectivity index (χ3v) is 1.42. The van der Waals surface area contributed by atoms with Crippen LogP contribution in [0.5, 0.6) is 0 Å². The first kappa shape index (κ1) is 8.23. The van der Waals surface area contributed by atoms with Crippen molar-refractivity contribution in [1.29, 1.82) is 0 Å². The van der Waals surface area contributed by atoms with Crippen molar-refractivity contribution >= 4 is 0 Å². The summed E-state index contributed by atoms with van der Waals surface area (Å²) in [4.78, 5) is 0. The molecule has 1 aromatic rings. The standard InChI is InChI=1S/C7H15N4/c1-8-5-9-6-11-4-3-10(2)7-11/h3-4,7-9H,5-6H2,1-2H3/q+1. The van der Waals surface area contributed by atoms with Crippen LogP contribution in [0, 0.1) is 0 Å². The fraction of sp³-hybridized carbons (Fsp3) is 0.571. The highest BCUT2D eigenvalue weighted by Gasteiger charge is 1.96. The van der Waals surface area contributed by atoms with Crippen LogP contribution in [0.25, 0.3) is 0 Å². The van der Waals surface area contributed by atoms with E-state index in [2.05, 4.69) is 15.2 Å². The van der Waals surface area contributed by atoms with Crippen LogP contribution in [0.15, 0.2) is 18.7 Å². The molecule has 1 rings (SSSR count). The molecule has 11 heavy (non-hydrogen) atoms. The minimum absolute atomic E-state index is 0.835. The maximum Gasteiger partial charge on any atom is 0.244 e. The zero-order valence-corrected chi connectivity index (χ0v) is 7.04. The maximum atomic E-state index is 3.20. The second-order valence-corrected chi connectivity index (χ2v) is 2.53. The molecule has 1 heterocycles. The van der Waals surface area contributed by atoms with Gasteiger partial charge in [-0.15, -0.1) is 0 Å². The molecular formula is C7H15N4+. The number of hydrogen-bond acceptors (Lipinski definition) is 2. The third kappa shape index (κ3) is 2.69. The van der Waals surface area contributed by atoms with E-state index in [0.29, 0.717) is 0 Å². The molecule has 0 atom stereocenters. The van der Waals surface area contributed by atoms with Crippen LogP contribution in [-0.2, 0) is 13.7 Å². The van der Waals surface area contributed by atoms with Gasteiger partial charge in [-0.3, -0.25) is 5.32 Å². The topological polar surface area (TPSA) is 32.9 Å². The number of nitrogens with zero attached hydrogens (tertiary/aromatic N) is 2. The highest BCUT2D eigenvalue weighted by atomic mass is 15.2. The van der Waals surface area contributed by atoms with Crippen molar-refractivity contribution in [3.63, 3.8) is 0 Å². The van der Waals surface area contributed by atoms with Crippen molar-refractivity contribution in [3.8, 4) is 0 Å². The molecule has 0 saturated heterocycles. The van der Waals surface area contributed by atoms with E-state index in [-0.39, 0.29) is 0 Å². The summed E-state index contributed by atoms with van der Waals surface area (Å²) in [5.41, 5.74) is 0. The summed E-state index contributed by atoms with van der Waals surface area (Å²) < 4.78 is 4.10. The molecule has 4 heteroatoms. The van der Waals surface area contributed by atoms with E-state index < -0.39 is 0 Å². The summed E-state index contributed by atoms with van der Waals surface area (Å²) >= 11 is 0. The van der Waals surface area contributed by atoms with Crippen molar-refractivity contribution in [2.45, 2.75) is 6.67 Å². The van der Waals surface area contributed by atoms with Crippen LogP contribution in [-0.4, -0.2) is 18.3 Å². The summed E-state index contributed by atoms with van der Waals surface area (Å²) in [5.74, 6) is 0. The predicted octanol–water partition coefficient (Wildman–Crippen LogP) is -0.963. The lowest BCUT2D eigenvalue weighted by Gasteiger charge is -1.98. The predicted molar refractivity (Wildman–Crippen MR) is 42.7 cm³/mol. The Hall–Kier alpha value is -0.870. The Bertz CT molecular complexity index is 206. The molecule has 0 amide bonds. The molecule has 0 aliphatic carbocycles. The number of rotatable bonds is 4. The summed E-state index contributed by atoms with van der Waals surface area (Å²) in [6.07, 6.45) is 6.08. The van der Waals surface area contributed by atoms with Gasteiger partial charge >= 0.3 is 0 Å². The zero-order chi connectivity index (χ0) is 8.10. The Morgan fingerprint density at radius 2 is 2.36 bits per heavy atom. The number of aryl methyl sites for hydroxylation is 1. The molecule has 0 spiro atoms. The molecular weight excluding hydrogens is 140 g/mol. The van der Waals surface area contributed by atoms with Crippen molar-refractivity contribution in [3.05, 3.63) is 18.7 Å². The Morgan fingerprint density at radius 1 is 1.55 bits per heavy atom. The lowest BCUT2D eigenvalue weighted by molar-refractivity contribution is -0.671. The molecule has 0 aliphatic rings. The van der Waals surface area contributed by atoms with Crippen LogP contribution in [0.3, 0.4) is 0 Å². The fourth-order valence-corrected chi connectivity index (χ4v) is 0.905. The van der Waals surface area contributed by atoms with Gasteiger partial charge in [-0.25, -0.2) is 9.13 Å². The molecule has 0 bridgehead atoms. The van der Waals surface area contributed by atoms with Crippen LogP contribution in [0.4, 0.5) is 0 Å². The average molecular weight is 155 g/mol. The van der Waals surface area contributed by atoms with Gasteiger partial charge < -0.3 is 5.32 Å². The molecule has 0 saturated carbocycles. The average Bonchev–Trinajstić information content (AvgIpc) is 2.37. The molecule has 0 unspecified atom stereocenters. The van der Waals surface area contributed by atoms with Gasteiger partial charge in [-0.05, 0) is 7.05 Å². The molecule has 0 aromatic carbocycles. The van der Waals surface area contributed by atoms with Gasteiger partial charge in [0, 0.05) is 6.67 Å². The first-order valence-electron chi connectivity index (χ1n) is 3.69. The summed E-state index contributed by atoms with van der Waals surface area (Å²) in [5, 5.41) is 6.22. The van der Waals surface area contributed by atoms with Crippen LogP contribution >= 0.6 is 0 Å². The van der Waals surface area contributed by atoms with E-state index in [4.69, 9.17) is 0 Å². The maximum absolute atomic E-state index is 3.20. The van der Waals surface area contributed by atoms with Gasteiger partial charge in [0.1, 0.15) is 19.1 Å². The van der Waals surface area contributed by atoms with Crippen molar-refractivity contribution in [2.75, 3.05) is 13.7 Å². The second-order valence-electron chi connectivity index (χ2n) is 2.53. The Kier molecular flexibility index (Phi) is 3.07. The first-order chi connectivity index (χ1) is 5.33. The van der Waals surface area contributed by atoms with Gasteiger partial charge in [0.2, 0.25) is 6.33 Å². The summed E-state index contributed by atoms with van der Waals surface area (Å²) in [7, 11) is 3.93. The van der Waals surface area contributed by atoms with Crippen molar-refractivity contribution in [1.82, 2.24) is 15.2 Å². The zero-order valence-electron chi connectivity index (χ0n) is 7.04. The molecule has 62 valence electrons. The Morgan fingerprint density at radius 3 is 2.91 bits per heavy atom. The fourth-order valence-electron chi connectivity index (χ4n) is 0.905. The van der Waals surface area contributed by atoms with Gasteiger partial charge in [-0.2, -0.15) is 0 Å². The Balaban J connectivity index is 2.27. The normalized spacial score (nSPS) is 10.4. The minimum Gasteiger partial charge on any atom is -0.307 e. The molecule has 0 aliphatic heterocycles. The van der Waals surface area contributed by atoms with E-state index in [0.717, 1.165) is 13.3 Å². The lowest BCUT2D eigenvalue weighted by atomic mass is 10.8. The molecule has 0 radical (unpaired) electrons. The monoisotopic (exact) mass is 155 g/mol. The van der Waals surface area contributed by atoms with Gasteiger partial charge in [0.05, 0.1) is 7.05 Å². The van der Waals surface area contributed by atoms with Crippen LogP contribution < -0.4 is 15.2 Å². The number of aromatic nitrogens is 2. The van der Waals surface area contributed by atoms with Gasteiger partial charge in [0.15, 0.2) is 0 Å². The SMILES string of the molecule is CNCNCn1cc[n+](C)c1. The largest absolute Gasteiger partial charge is 0.307 e. The minimum atomic E-state index is 0.835. The summed E-state index contributed by atoms with van der Waals surface area (Å²) in [6, 6.07) is 0. The van der Waals surface area contributed by atoms with Crippen LogP contribution in [0.2, 0.25) is 0 Å². The van der Waals surface area contributed by atoms with Gasteiger partial charge in [0.25, 0.3) is 0 Å². The third-order valence-electron chi connectivity index (χ3n) is 1.42. The van der Waals surface area contributed by atoms with E-state index in [1.807, 2.05) is 37.4 Å². The molecule has 4 nitrogen and oxygen atoms in total. The smallest absolute Gasteiger partial charge is 0.244 e. The quantitative estimate of drug-likeness (QED) is 0.333. The lowest BCUT2D eigenvalue weighted by Crippen LogP contribution is -2.29. The highest BCUT2D eigenvalue weighted by molar-refractivity contribution is 4.64. The molecule has 2 N–H and O–H groups in total. The van der Waals surface area contributed by atoms with Crippen molar-refractivity contribution in [2.24, 2.45) is 7.05 Å². The Labute approximate surface area is 66.8 Å². The van der Waals surface area contributed by atoms with Gasteiger partial charge in [-0.1, -0.05) is 0 Å². The molecule has 1 aromatic heterocycles. The first-order valence-corrected chi connectivity index (χ1v) is 3.69. The highest BCUT2D eigenvalue weighted by Crippen LogP contribution is 1.78. The van der Waals surface area contributed by atoms with E-state index in [1.165, 1.54) is 0 Å².